The van der Waals surface area contributed by atoms with E-state index < -0.39 is 8.07 Å². The molecule has 0 fully saturated rings. The first kappa shape index (κ1) is 19.4. The second-order valence-corrected chi connectivity index (χ2v) is 13.1. The van der Waals surface area contributed by atoms with E-state index in [2.05, 4.69) is 81.1 Å². The van der Waals surface area contributed by atoms with Gasteiger partial charge in [-0.3, -0.25) is 0 Å². The number of aromatic hydroxyl groups is 1. The van der Waals surface area contributed by atoms with Crippen LogP contribution in [0.5, 0.6) is 5.75 Å². The Morgan fingerprint density at radius 3 is 1.74 bits per heavy atom. The molecule has 3 aromatic rings. The summed E-state index contributed by atoms with van der Waals surface area (Å²) in [6, 6.07) is 27.2. The van der Waals surface area contributed by atoms with Gasteiger partial charge < -0.3 is 5.11 Å². The molecule has 0 spiro atoms. The summed E-state index contributed by atoms with van der Waals surface area (Å²) in [4.78, 5) is 0. The second kappa shape index (κ2) is 8.14. The molecule has 0 aliphatic carbocycles. The second-order valence-electron chi connectivity index (χ2n) is 8.40. The Morgan fingerprint density at radius 1 is 0.704 bits per heavy atom. The summed E-state index contributed by atoms with van der Waals surface area (Å²) in [5.74, 6) is 0.477. The van der Waals surface area contributed by atoms with Gasteiger partial charge in [0.1, 0.15) is 5.75 Å². The maximum atomic E-state index is 10.6. The third-order valence-corrected chi connectivity index (χ3v) is 9.12. The maximum absolute atomic E-state index is 10.6. The van der Waals surface area contributed by atoms with Crippen LogP contribution >= 0.6 is 0 Å². The Labute approximate surface area is 164 Å². The zero-order valence-electron chi connectivity index (χ0n) is 16.9. The Balaban J connectivity index is 1.95. The number of para-hydroxylation sites is 1. The molecule has 0 amide bonds. The van der Waals surface area contributed by atoms with Crippen LogP contribution in [-0.2, 0) is 18.1 Å². The van der Waals surface area contributed by atoms with Gasteiger partial charge in [0, 0.05) is 0 Å². The monoisotopic (exact) mass is 374 g/mol. The zero-order chi connectivity index (χ0) is 19.4. The standard InChI is InChI=1S/C25H30OSi/c1-19-8-5-11-22(14-19)16-27(4,17-23-12-6-9-20(2)15-23)18-24-13-7-10-21(3)25(24)26/h5-15,26H,16-18H2,1-4H3. The molecule has 0 heterocycles. The summed E-state index contributed by atoms with van der Waals surface area (Å²) < 4.78 is 0. The molecule has 0 radical (unpaired) electrons. The average molecular weight is 375 g/mol. The summed E-state index contributed by atoms with van der Waals surface area (Å²) in [7, 11) is -1.73. The minimum atomic E-state index is -1.73. The first-order chi connectivity index (χ1) is 12.8. The molecular weight excluding hydrogens is 344 g/mol. The normalized spacial score (nSPS) is 11.6. The van der Waals surface area contributed by atoms with E-state index in [4.69, 9.17) is 0 Å². The predicted molar refractivity (Wildman–Crippen MR) is 118 cm³/mol. The molecule has 0 unspecified atom stereocenters. The van der Waals surface area contributed by atoms with Crippen molar-refractivity contribution in [2.75, 3.05) is 0 Å². The van der Waals surface area contributed by atoms with Crippen LogP contribution < -0.4 is 0 Å². The molecular formula is C25H30OSi. The van der Waals surface area contributed by atoms with Crippen LogP contribution in [0.15, 0.2) is 66.7 Å². The van der Waals surface area contributed by atoms with Gasteiger partial charge in [-0.1, -0.05) is 95.5 Å². The van der Waals surface area contributed by atoms with Crippen LogP contribution in [0.1, 0.15) is 33.4 Å². The first-order valence-corrected chi connectivity index (χ1v) is 12.9. The lowest BCUT2D eigenvalue weighted by Crippen LogP contribution is -2.40. The van der Waals surface area contributed by atoms with Crippen LogP contribution in [-0.4, -0.2) is 13.2 Å². The predicted octanol–water partition coefficient (Wildman–Crippen LogP) is 6.04. The lowest BCUT2D eigenvalue weighted by molar-refractivity contribution is 0.466. The number of rotatable bonds is 6. The molecule has 0 aromatic heterocycles. The van der Waals surface area contributed by atoms with E-state index in [1.54, 1.807) is 0 Å². The fraction of sp³-hybridized carbons (Fsp3) is 0.280. The van der Waals surface area contributed by atoms with Crippen LogP contribution in [0.4, 0.5) is 0 Å². The Kier molecular flexibility index (Phi) is 5.86. The molecule has 0 aliphatic rings. The average Bonchev–Trinajstić information content (AvgIpc) is 2.59. The molecule has 27 heavy (non-hydrogen) atoms. The van der Waals surface area contributed by atoms with Gasteiger partial charge in [-0.2, -0.15) is 0 Å². The smallest absolute Gasteiger partial charge is 0.121 e. The fourth-order valence-corrected chi connectivity index (χ4v) is 8.13. The van der Waals surface area contributed by atoms with Crippen molar-refractivity contribution in [1.29, 1.82) is 0 Å². The number of benzene rings is 3. The van der Waals surface area contributed by atoms with Crippen molar-refractivity contribution in [1.82, 2.24) is 0 Å². The molecule has 0 saturated heterocycles. The summed E-state index contributed by atoms with van der Waals surface area (Å²) in [5.41, 5.74) is 7.54. The molecule has 0 atom stereocenters. The van der Waals surface area contributed by atoms with Gasteiger partial charge in [0.05, 0.1) is 8.07 Å². The Bertz CT molecular complexity index is 882. The van der Waals surface area contributed by atoms with Gasteiger partial charge in [-0.15, -0.1) is 0 Å². The Morgan fingerprint density at radius 2 is 1.22 bits per heavy atom. The zero-order valence-corrected chi connectivity index (χ0v) is 17.9. The lowest BCUT2D eigenvalue weighted by atomic mass is 10.1. The van der Waals surface area contributed by atoms with Crippen LogP contribution in [0.3, 0.4) is 0 Å². The van der Waals surface area contributed by atoms with E-state index >= 15 is 0 Å². The molecule has 3 rings (SSSR count). The molecule has 0 bridgehead atoms. The molecule has 0 aliphatic heterocycles. The van der Waals surface area contributed by atoms with Gasteiger partial charge in [-0.25, -0.2) is 0 Å². The maximum Gasteiger partial charge on any atom is 0.121 e. The molecule has 0 saturated carbocycles. The largest absolute Gasteiger partial charge is 0.507 e. The Hall–Kier alpha value is -2.32. The van der Waals surface area contributed by atoms with E-state index in [1.165, 1.54) is 22.3 Å². The van der Waals surface area contributed by atoms with Crippen LogP contribution in [0.25, 0.3) is 0 Å². The van der Waals surface area contributed by atoms with Crippen molar-refractivity contribution in [3.63, 3.8) is 0 Å². The number of aryl methyl sites for hydroxylation is 3. The quantitative estimate of drug-likeness (QED) is 0.521. The molecule has 1 nitrogen and oxygen atoms in total. The SMILES string of the molecule is Cc1cccc(C[Si](C)(Cc2cccc(C)c2)Cc2cccc(C)c2O)c1. The van der Waals surface area contributed by atoms with Crippen molar-refractivity contribution in [2.45, 2.75) is 45.5 Å². The third kappa shape index (κ3) is 5.11. The highest BCUT2D eigenvalue weighted by atomic mass is 28.3. The van der Waals surface area contributed by atoms with Crippen LogP contribution in [0.2, 0.25) is 6.55 Å². The molecule has 140 valence electrons. The van der Waals surface area contributed by atoms with Gasteiger partial charge >= 0.3 is 0 Å². The van der Waals surface area contributed by atoms with Crippen molar-refractivity contribution >= 4 is 8.07 Å². The molecule has 2 heteroatoms. The number of hydrogen-bond acceptors (Lipinski definition) is 1. The summed E-state index contributed by atoms with van der Waals surface area (Å²) in [6.07, 6.45) is 0. The topological polar surface area (TPSA) is 20.2 Å². The van der Waals surface area contributed by atoms with E-state index in [-0.39, 0.29) is 0 Å². The van der Waals surface area contributed by atoms with Crippen LogP contribution in [0, 0.1) is 20.8 Å². The highest BCUT2D eigenvalue weighted by Crippen LogP contribution is 2.29. The van der Waals surface area contributed by atoms with Gasteiger partial charge in [-0.05, 0) is 50.0 Å². The highest BCUT2D eigenvalue weighted by Gasteiger charge is 2.29. The van der Waals surface area contributed by atoms with E-state index in [0.717, 1.165) is 29.3 Å². The van der Waals surface area contributed by atoms with Gasteiger partial charge in [0.15, 0.2) is 0 Å². The number of phenols is 1. The van der Waals surface area contributed by atoms with Crippen molar-refractivity contribution < 1.29 is 5.11 Å². The summed E-state index contributed by atoms with van der Waals surface area (Å²) in [6.45, 7) is 8.79. The fourth-order valence-electron chi connectivity index (χ4n) is 4.14. The minimum absolute atomic E-state index is 0.477. The van der Waals surface area contributed by atoms with E-state index in [1.807, 2.05) is 13.0 Å². The summed E-state index contributed by atoms with van der Waals surface area (Å²) in [5, 5.41) is 10.6. The van der Waals surface area contributed by atoms with Crippen molar-refractivity contribution in [3.8, 4) is 5.75 Å². The minimum Gasteiger partial charge on any atom is -0.507 e. The first-order valence-electron chi connectivity index (χ1n) is 9.73. The van der Waals surface area contributed by atoms with Crippen molar-refractivity contribution in [2.24, 2.45) is 0 Å². The summed E-state index contributed by atoms with van der Waals surface area (Å²) >= 11 is 0. The number of hydrogen-bond donors (Lipinski definition) is 1. The van der Waals surface area contributed by atoms with Gasteiger partial charge in [0.25, 0.3) is 0 Å². The third-order valence-electron chi connectivity index (χ3n) is 5.37. The highest BCUT2D eigenvalue weighted by molar-refractivity contribution is 6.77. The van der Waals surface area contributed by atoms with Gasteiger partial charge in [0.2, 0.25) is 0 Å². The molecule has 3 aromatic carbocycles. The lowest BCUT2D eigenvalue weighted by Gasteiger charge is -2.29. The van der Waals surface area contributed by atoms with E-state index in [0.29, 0.717) is 5.75 Å². The van der Waals surface area contributed by atoms with Crippen molar-refractivity contribution in [3.05, 3.63) is 100 Å². The van der Waals surface area contributed by atoms with E-state index in [9.17, 15) is 5.11 Å². The molecule has 1 N–H and O–H groups in total. The number of phenolic OH excluding ortho intramolecular Hbond substituents is 1.